The lowest BCUT2D eigenvalue weighted by atomic mass is 10.0. The summed E-state index contributed by atoms with van der Waals surface area (Å²) >= 11 is 0. The molecule has 6 heteroatoms. The Kier molecular flexibility index (Phi) is 58.3. The summed E-state index contributed by atoms with van der Waals surface area (Å²) in [7, 11) is 0. The molecule has 1 unspecified atom stereocenters. The van der Waals surface area contributed by atoms with Gasteiger partial charge in [-0.1, -0.05) is 279 Å². The summed E-state index contributed by atoms with van der Waals surface area (Å²) in [6.45, 7) is 6.40. The predicted molar refractivity (Wildman–Crippen MR) is 316 cm³/mol. The van der Waals surface area contributed by atoms with Crippen molar-refractivity contribution in [1.82, 2.24) is 0 Å². The fraction of sp³-hybridized carbons (Fsp3) is 0.746. The van der Waals surface area contributed by atoms with Crippen LogP contribution in [0.2, 0.25) is 0 Å². The molecule has 73 heavy (non-hydrogen) atoms. The molecule has 0 aromatic heterocycles. The minimum Gasteiger partial charge on any atom is -0.462 e. The van der Waals surface area contributed by atoms with Crippen LogP contribution in [0.4, 0.5) is 0 Å². The second-order valence-electron chi connectivity index (χ2n) is 20.6. The molecule has 1 atom stereocenters. The summed E-state index contributed by atoms with van der Waals surface area (Å²) in [5.41, 5.74) is 0. The highest BCUT2D eigenvalue weighted by Gasteiger charge is 2.19. The van der Waals surface area contributed by atoms with E-state index in [-0.39, 0.29) is 37.5 Å². The van der Waals surface area contributed by atoms with Crippen molar-refractivity contribution in [2.75, 3.05) is 13.2 Å². The summed E-state index contributed by atoms with van der Waals surface area (Å²) in [5.74, 6) is -0.947. The smallest absolute Gasteiger partial charge is 0.306 e. The topological polar surface area (TPSA) is 78.9 Å². The molecule has 0 heterocycles. The Hall–Kier alpha value is -3.41. The van der Waals surface area contributed by atoms with Gasteiger partial charge in [0, 0.05) is 19.3 Å². The van der Waals surface area contributed by atoms with Crippen molar-refractivity contribution in [3.05, 3.63) is 85.1 Å². The van der Waals surface area contributed by atoms with Gasteiger partial charge in [0.25, 0.3) is 0 Å². The van der Waals surface area contributed by atoms with Crippen LogP contribution in [-0.4, -0.2) is 37.2 Å². The van der Waals surface area contributed by atoms with Crippen LogP contribution < -0.4 is 0 Å². The van der Waals surface area contributed by atoms with E-state index in [1.54, 1.807) is 0 Å². The quantitative estimate of drug-likeness (QED) is 0.0261. The molecule has 0 bridgehead atoms. The van der Waals surface area contributed by atoms with Crippen molar-refractivity contribution in [2.45, 2.75) is 309 Å². The Morgan fingerprint density at radius 2 is 0.534 bits per heavy atom. The largest absolute Gasteiger partial charge is 0.462 e. The van der Waals surface area contributed by atoms with Crippen LogP contribution in [0.5, 0.6) is 0 Å². The first kappa shape index (κ1) is 69.6. The van der Waals surface area contributed by atoms with Gasteiger partial charge in [-0.2, -0.15) is 0 Å². The number of rotatable bonds is 56. The second-order valence-corrected chi connectivity index (χ2v) is 20.6. The van der Waals surface area contributed by atoms with E-state index >= 15 is 0 Å². The minimum atomic E-state index is -0.805. The van der Waals surface area contributed by atoms with Crippen molar-refractivity contribution in [1.29, 1.82) is 0 Å². The van der Waals surface area contributed by atoms with E-state index in [4.69, 9.17) is 14.2 Å². The molecule has 0 aliphatic carbocycles. The van der Waals surface area contributed by atoms with Crippen LogP contribution in [0.25, 0.3) is 0 Å². The number of carbonyl (C=O) groups is 3. The van der Waals surface area contributed by atoms with Crippen LogP contribution >= 0.6 is 0 Å². The first-order valence-corrected chi connectivity index (χ1v) is 31.1. The highest BCUT2D eigenvalue weighted by Crippen LogP contribution is 2.17. The second kappa shape index (κ2) is 61.1. The van der Waals surface area contributed by atoms with Gasteiger partial charge in [0.1, 0.15) is 13.2 Å². The summed E-state index contributed by atoms with van der Waals surface area (Å²) in [5, 5.41) is 0. The molecule has 0 aromatic rings. The van der Waals surface area contributed by atoms with Gasteiger partial charge in [-0.25, -0.2) is 0 Å². The Morgan fingerprint density at radius 3 is 0.863 bits per heavy atom. The molecule has 0 aromatic carbocycles. The van der Waals surface area contributed by atoms with Gasteiger partial charge in [-0.15, -0.1) is 0 Å². The van der Waals surface area contributed by atoms with E-state index in [2.05, 4.69) is 106 Å². The Bertz CT molecular complexity index is 1400. The third-order valence-electron chi connectivity index (χ3n) is 13.4. The van der Waals surface area contributed by atoms with E-state index in [1.165, 1.54) is 141 Å². The Labute approximate surface area is 452 Å². The molecule has 420 valence electrons. The fourth-order valence-corrected chi connectivity index (χ4v) is 8.80. The summed E-state index contributed by atoms with van der Waals surface area (Å²) in [6.07, 6.45) is 80.3. The number of unbranched alkanes of at least 4 members (excludes halogenated alkanes) is 31. The maximum absolute atomic E-state index is 12.9. The predicted octanol–water partition coefficient (Wildman–Crippen LogP) is 21.1. The molecular weight excluding hydrogens is 901 g/mol. The normalized spacial score (nSPS) is 12.6. The highest BCUT2D eigenvalue weighted by atomic mass is 16.6. The molecule has 0 spiro atoms. The van der Waals surface area contributed by atoms with E-state index in [1.807, 2.05) is 0 Å². The Morgan fingerprint density at radius 1 is 0.288 bits per heavy atom. The van der Waals surface area contributed by atoms with Crippen molar-refractivity contribution >= 4 is 17.9 Å². The van der Waals surface area contributed by atoms with Crippen LogP contribution in [-0.2, 0) is 28.6 Å². The lowest BCUT2D eigenvalue weighted by Crippen LogP contribution is -2.30. The first-order valence-electron chi connectivity index (χ1n) is 31.1. The third-order valence-corrected chi connectivity index (χ3v) is 13.4. The lowest BCUT2D eigenvalue weighted by Gasteiger charge is -2.18. The van der Waals surface area contributed by atoms with Crippen molar-refractivity contribution in [2.24, 2.45) is 0 Å². The molecule has 0 saturated heterocycles. The van der Waals surface area contributed by atoms with Gasteiger partial charge in [0.15, 0.2) is 6.10 Å². The monoisotopic (exact) mass is 1020 g/mol. The van der Waals surface area contributed by atoms with Gasteiger partial charge in [0.2, 0.25) is 0 Å². The molecule has 0 radical (unpaired) electrons. The van der Waals surface area contributed by atoms with Gasteiger partial charge in [0.05, 0.1) is 0 Å². The van der Waals surface area contributed by atoms with Crippen LogP contribution in [0.3, 0.4) is 0 Å². The van der Waals surface area contributed by atoms with Gasteiger partial charge >= 0.3 is 17.9 Å². The molecule has 0 aliphatic heterocycles. The third kappa shape index (κ3) is 59.3. The summed E-state index contributed by atoms with van der Waals surface area (Å²) < 4.78 is 16.9. The molecule has 0 aliphatic rings. The molecule has 0 amide bonds. The number of hydrogen-bond donors (Lipinski definition) is 0. The Balaban J connectivity index is 4.31. The van der Waals surface area contributed by atoms with Crippen LogP contribution in [0, 0.1) is 0 Å². The van der Waals surface area contributed by atoms with E-state index in [0.717, 1.165) is 116 Å². The zero-order valence-corrected chi connectivity index (χ0v) is 48.1. The maximum Gasteiger partial charge on any atom is 0.306 e. The van der Waals surface area contributed by atoms with Crippen LogP contribution in [0.15, 0.2) is 85.1 Å². The van der Waals surface area contributed by atoms with Gasteiger partial charge < -0.3 is 14.2 Å². The standard InChI is InChI=1S/C67H116O6/c1-4-7-10-13-16-19-22-25-28-29-30-31-32-33-34-35-36-37-40-42-45-48-51-54-57-60-66(69)72-63-64(73-67(70)61-58-55-52-49-46-43-39-27-24-21-18-15-12-9-6-3)62-71-65(68)59-56-53-50-47-44-41-38-26-23-20-17-14-11-8-5-2/h8-9,11-12,17-18,20-21,26-27,38-39,46,49,64H,4-7,10,13-16,19,22-25,28-37,40-45,47-48,50-63H2,1-3H3/b11-8-,12-9-,20-17-,21-18-,38-26-,39-27-,49-46-. The molecule has 0 N–H and O–H groups in total. The van der Waals surface area contributed by atoms with Crippen molar-refractivity contribution in [3.8, 4) is 0 Å². The maximum atomic E-state index is 12.9. The van der Waals surface area contributed by atoms with Crippen LogP contribution in [0.1, 0.15) is 303 Å². The SMILES string of the molecule is CC/C=C\C/C=C\C/C=C\C/C=C\CCCCC(=O)OC(COC(=O)CCCCCCC/C=C\C/C=C\C/C=C\CC)COC(=O)CCCCCCCCCCCCCCCCCCCCCCCCCCC. The number of ether oxygens (including phenoxy) is 3. The summed E-state index contributed by atoms with van der Waals surface area (Å²) in [4.78, 5) is 38.2. The molecular formula is C67H116O6. The number of carbonyl (C=O) groups excluding carboxylic acids is 3. The first-order chi connectivity index (χ1) is 36.0. The van der Waals surface area contributed by atoms with Crippen molar-refractivity contribution in [3.63, 3.8) is 0 Å². The zero-order chi connectivity index (χ0) is 52.9. The van der Waals surface area contributed by atoms with Gasteiger partial charge in [-0.3, -0.25) is 14.4 Å². The van der Waals surface area contributed by atoms with Gasteiger partial charge in [-0.05, 0) is 89.9 Å². The molecule has 6 nitrogen and oxygen atoms in total. The fourth-order valence-electron chi connectivity index (χ4n) is 8.80. The van der Waals surface area contributed by atoms with E-state index < -0.39 is 6.10 Å². The lowest BCUT2D eigenvalue weighted by molar-refractivity contribution is -0.167. The molecule has 0 rings (SSSR count). The number of hydrogen-bond acceptors (Lipinski definition) is 6. The average Bonchev–Trinajstić information content (AvgIpc) is 3.39. The summed E-state index contributed by atoms with van der Waals surface area (Å²) in [6, 6.07) is 0. The molecule has 0 saturated carbocycles. The van der Waals surface area contributed by atoms with E-state index in [0.29, 0.717) is 19.3 Å². The average molecular weight is 1020 g/mol. The number of allylic oxidation sites excluding steroid dienone is 14. The molecule has 0 fully saturated rings. The number of esters is 3. The zero-order valence-electron chi connectivity index (χ0n) is 48.1. The highest BCUT2D eigenvalue weighted by molar-refractivity contribution is 5.71. The van der Waals surface area contributed by atoms with E-state index in [9.17, 15) is 14.4 Å². The van der Waals surface area contributed by atoms with Crippen molar-refractivity contribution < 1.29 is 28.6 Å². The minimum absolute atomic E-state index is 0.0969.